The van der Waals surface area contributed by atoms with Crippen LogP contribution in [0.15, 0.2) is 29.2 Å². The first-order valence-corrected chi connectivity index (χ1v) is 9.36. The lowest BCUT2D eigenvalue weighted by Gasteiger charge is -2.15. The van der Waals surface area contributed by atoms with Gasteiger partial charge >= 0.3 is 0 Å². The van der Waals surface area contributed by atoms with Crippen molar-refractivity contribution >= 4 is 28.2 Å². The van der Waals surface area contributed by atoms with Crippen molar-refractivity contribution in [3.63, 3.8) is 0 Å². The van der Waals surface area contributed by atoms with Gasteiger partial charge in [0.05, 0.1) is 28.9 Å². The van der Waals surface area contributed by atoms with E-state index in [0.717, 1.165) is 0 Å². The lowest BCUT2D eigenvalue weighted by atomic mass is 10.2. The fourth-order valence-corrected chi connectivity index (χ4v) is 4.83. The quantitative estimate of drug-likeness (QED) is 0.669. The molecule has 25 heavy (non-hydrogen) atoms. The second-order valence-electron chi connectivity index (χ2n) is 6.31. The van der Waals surface area contributed by atoms with Crippen LogP contribution in [0.4, 0.5) is 0 Å². The van der Waals surface area contributed by atoms with Crippen LogP contribution in [0.1, 0.15) is 24.8 Å². The number of nitrogens with one attached hydrogen (secondary N) is 2. The summed E-state index contributed by atoms with van der Waals surface area (Å²) in [5.74, 6) is -0.331. The normalized spacial score (nSPS) is 24.0. The molecule has 2 atom stereocenters. The third-order valence-corrected chi connectivity index (χ3v) is 6.87. The molecular weight excluding hydrogens is 366 g/mol. The summed E-state index contributed by atoms with van der Waals surface area (Å²) in [5.41, 5.74) is -0.411. The number of aliphatic hydroxyl groups excluding tert-OH is 1. The maximum Gasteiger partial charge on any atom is 0.238 e. The zero-order valence-corrected chi connectivity index (χ0v) is 15.1. The maximum atomic E-state index is 12.8. The molecule has 0 radical (unpaired) electrons. The van der Waals surface area contributed by atoms with Gasteiger partial charge in [0.25, 0.3) is 0 Å². The summed E-state index contributed by atoms with van der Waals surface area (Å²) in [4.78, 5) is 12.3. The van der Waals surface area contributed by atoms with Crippen molar-refractivity contribution in [2.45, 2.75) is 47.6 Å². The van der Waals surface area contributed by atoms with Crippen LogP contribution in [-0.2, 0) is 21.2 Å². The highest BCUT2D eigenvalue weighted by molar-refractivity contribution is 7.92. The first-order chi connectivity index (χ1) is 11.4. The monoisotopic (exact) mass is 385 g/mol. The molecule has 1 amide bonds. The summed E-state index contributed by atoms with van der Waals surface area (Å²) in [6, 6.07) is 7.79. The van der Waals surface area contributed by atoms with Gasteiger partial charge in [-0.1, -0.05) is 18.2 Å². The van der Waals surface area contributed by atoms with Gasteiger partial charge in [-0.15, -0.1) is 12.4 Å². The smallest absolute Gasteiger partial charge is 0.238 e. The van der Waals surface area contributed by atoms with Crippen LogP contribution in [-0.4, -0.2) is 42.8 Å². The van der Waals surface area contributed by atoms with Crippen LogP contribution in [0.25, 0.3) is 0 Å². The molecule has 2 aliphatic rings. The number of halogens is 1. The third kappa shape index (κ3) is 3.80. The number of benzene rings is 1. The summed E-state index contributed by atoms with van der Waals surface area (Å²) in [6.45, 7) is -0.191. The van der Waals surface area contributed by atoms with E-state index in [1.165, 1.54) is 6.07 Å². The third-order valence-electron chi connectivity index (χ3n) is 4.62. The van der Waals surface area contributed by atoms with E-state index in [2.05, 4.69) is 16.7 Å². The average Bonchev–Trinajstić information content (AvgIpc) is 3.17. The molecule has 3 rings (SSSR count). The Balaban J connectivity index is 0.00000225. The Morgan fingerprint density at radius 3 is 2.68 bits per heavy atom. The molecule has 2 fully saturated rings. The van der Waals surface area contributed by atoms with Crippen LogP contribution in [0.5, 0.6) is 0 Å². The Labute approximate surface area is 152 Å². The van der Waals surface area contributed by atoms with E-state index in [1.807, 2.05) is 0 Å². The number of nitriles is 1. The van der Waals surface area contributed by atoms with E-state index >= 15 is 0 Å². The molecule has 1 saturated heterocycles. The number of nitrogens with zero attached hydrogens (tertiary/aromatic N) is 1. The van der Waals surface area contributed by atoms with Crippen molar-refractivity contribution in [2.75, 3.05) is 6.54 Å². The van der Waals surface area contributed by atoms with E-state index in [1.54, 1.807) is 18.2 Å². The van der Waals surface area contributed by atoms with Crippen LogP contribution in [0, 0.1) is 11.3 Å². The van der Waals surface area contributed by atoms with E-state index in [-0.39, 0.29) is 42.8 Å². The molecular formula is C16H20ClN3O4S. The Morgan fingerprint density at radius 1 is 1.40 bits per heavy atom. The van der Waals surface area contributed by atoms with Crippen molar-refractivity contribution in [1.29, 1.82) is 5.26 Å². The minimum absolute atomic E-state index is 0. The lowest BCUT2D eigenvalue weighted by Crippen LogP contribution is -2.45. The molecule has 136 valence electrons. The van der Waals surface area contributed by atoms with Crippen LogP contribution in [0.3, 0.4) is 0 Å². The number of carbonyl (C=O) groups is 1. The molecule has 0 bridgehead atoms. The van der Waals surface area contributed by atoms with Gasteiger partial charge in [0.15, 0.2) is 9.84 Å². The highest BCUT2D eigenvalue weighted by atomic mass is 35.5. The van der Waals surface area contributed by atoms with Gasteiger partial charge in [-0.3, -0.25) is 4.79 Å². The van der Waals surface area contributed by atoms with Gasteiger partial charge in [0, 0.05) is 6.54 Å². The van der Waals surface area contributed by atoms with Gasteiger partial charge < -0.3 is 15.7 Å². The first kappa shape index (κ1) is 19.7. The molecule has 1 heterocycles. The van der Waals surface area contributed by atoms with Crippen LogP contribution < -0.4 is 10.6 Å². The minimum Gasteiger partial charge on any atom is -0.392 e. The molecule has 1 aromatic rings. The van der Waals surface area contributed by atoms with Crippen LogP contribution in [0.2, 0.25) is 0 Å². The zero-order valence-electron chi connectivity index (χ0n) is 13.4. The predicted octanol–water partition coefficient (Wildman–Crippen LogP) is 0.277. The number of hydrogen-bond donors (Lipinski definition) is 3. The van der Waals surface area contributed by atoms with Gasteiger partial charge in [0.2, 0.25) is 5.91 Å². The van der Waals surface area contributed by atoms with Crippen molar-refractivity contribution in [2.24, 2.45) is 0 Å². The number of rotatable bonds is 5. The number of carbonyl (C=O) groups excluding carboxylic acids is 1. The molecule has 9 heteroatoms. The van der Waals surface area contributed by atoms with Crippen molar-refractivity contribution in [1.82, 2.24) is 10.6 Å². The number of sulfone groups is 1. The topological polar surface area (TPSA) is 119 Å². The molecule has 1 aromatic carbocycles. The summed E-state index contributed by atoms with van der Waals surface area (Å²) >= 11 is 0. The Kier molecular flexibility index (Phi) is 5.74. The first-order valence-electron chi connectivity index (χ1n) is 7.81. The van der Waals surface area contributed by atoms with Gasteiger partial charge in [0.1, 0.15) is 5.54 Å². The van der Waals surface area contributed by atoms with E-state index < -0.39 is 26.7 Å². The lowest BCUT2D eigenvalue weighted by molar-refractivity contribution is -0.123. The van der Waals surface area contributed by atoms with Crippen molar-refractivity contribution in [3.8, 4) is 6.07 Å². The molecule has 3 N–H and O–H groups in total. The number of aliphatic hydroxyl groups is 1. The summed E-state index contributed by atoms with van der Waals surface area (Å²) in [6.07, 6.45) is 1.41. The molecule has 0 aromatic heterocycles. The van der Waals surface area contributed by atoms with Gasteiger partial charge in [-0.05, 0) is 30.9 Å². The van der Waals surface area contributed by atoms with Crippen molar-refractivity contribution in [3.05, 3.63) is 29.8 Å². The van der Waals surface area contributed by atoms with Gasteiger partial charge in [-0.25, -0.2) is 8.42 Å². The molecule has 1 aliphatic heterocycles. The molecule has 7 nitrogen and oxygen atoms in total. The largest absolute Gasteiger partial charge is 0.392 e. The standard InChI is InChI=1S/C16H19N3O4S.ClH/c17-10-16(5-6-16)19-15(21)13-7-12(8-18-13)24(22,23)14-4-2-1-3-11(14)9-20;/h1-4,12-13,18,20H,5-9H2,(H,19,21);1H/t12-,13+;/m1./s1. The summed E-state index contributed by atoms with van der Waals surface area (Å²) in [5, 5.41) is 23.3. The highest BCUT2D eigenvalue weighted by Gasteiger charge is 2.47. The Morgan fingerprint density at radius 2 is 2.08 bits per heavy atom. The molecule has 1 aliphatic carbocycles. The zero-order chi connectivity index (χ0) is 17.4. The average molecular weight is 386 g/mol. The SMILES string of the molecule is Cl.N#CC1(NC(=O)[C@@H]2C[C@@H](S(=O)(=O)c3ccccc3CO)CN2)CC1. The van der Waals surface area contributed by atoms with E-state index in [4.69, 9.17) is 5.26 Å². The summed E-state index contributed by atoms with van der Waals surface area (Å²) in [7, 11) is -3.65. The Bertz CT molecular complexity index is 802. The molecule has 1 saturated carbocycles. The maximum absolute atomic E-state index is 12.8. The van der Waals surface area contributed by atoms with E-state index in [0.29, 0.717) is 18.4 Å². The molecule has 0 unspecified atom stereocenters. The minimum atomic E-state index is -3.65. The second kappa shape index (κ2) is 7.30. The van der Waals surface area contributed by atoms with Crippen LogP contribution >= 0.6 is 12.4 Å². The number of amides is 1. The van der Waals surface area contributed by atoms with Gasteiger partial charge in [-0.2, -0.15) is 5.26 Å². The number of hydrogen-bond acceptors (Lipinski definition) is 6. The Hall–Kier alpha value is -1.66. The summed E-state index contributed by atoms with van der Waals surface area (Å²) < 4.78 is 25.6. The van der Waals surface area contributed by atoms with E-state index in [9.17, 15) is 18.3 Å². The molecule has 0 spiro atoms. The second-order valence-corrected chi connectivity index (χ2v) is 8.51. The fourth-order valence-electron chi connectivity index (χ4n) is 2.94. The predicted molar refractivity (Wildman–Crippen MR) is 92.7 cm³/mol. The highest BCUT2D eigenvalue weighted by Crippen LogP contribution is 2.34. The van der Waals surface area contributed by atoms with Crippen molar-refractivity contribution < 1.29 is 18.3 Å². The fraction of sp³-hybridized carbons (Fsp3) is 0.500.